The van der Waals surface area contributed by atoms with Gasteiger partial charge in [0.1, 0.15) is 5.82 Å². The first-order valence-electron chi connectivity index (χ1n) is 10.7. The van der Waals surface area contributed by atoms with Crippen molar-refractivity contribution in [1.82, 2.24) is 19.4 Å². The molecule has 1 saturated heterocycles. The van der Waals surface area contributed by atoms with Crippen LogP contribution in [0.15, 0.2) is 53.7 Å². The van der Waals surface area contributed by atoms with Crippen molar-refractivity contribution in [3.8, 4) is 0 Å². The molecule has 1 aromatic heterocycles. The number of aromatic nitrogens is 2. The number of amides is 1. The molecule has 0 unspecified atom stereocenters. The van der Waals surface area contributed by atoms with Crippen LogP contribution in [-0.4, -0.2) is 72.2 Å². The summed E-state index contributed by atoms with van der Waals surface area (Å²) < 4.78 is 27.7. The lowest BCUT2D eigenvalue weighted by molar-refractivity contribution is -0.132. The van der Waals surface area contributed by atoms with Crippen molar-refractivity contribution >= 4 is 38.1 Å². The Balaban J connectivity index is 1.28. The van der Waals surface area contributed by atoms with Gasteiger partial charge in [-0.3, -0.25) is 9.69 Å². The molecule has 0 saturated carbocycles. The van der Waals surface area contributed by atoms with Gasteiger partial charge in [0.15, 0.2) is 9.84 Å². The van der Waals surface area contributed by atoms with Gasteiger partial charge in [0.05, 0.1) is 10.6 Å². The second kappa shape index (κ2) is 9.60. The van der Waals surface area contributed by atoms with Crippen LogP contribution in [0.3, 0.4) is 0 Å². The Morgan fingerprint density at radius 1 is 1.03 bits per heavy atom. The van der Waals surface area contributed by atoms with E-state index in [9.17, 15) is 13.2 Å². The molecule has 1 fully saturated rings. The lowest BCUT2D eigenvalue weighted by Crippen LogP contribution is -2.49. The smallest absolute Gasteiger partial charge is 0.223 e. The number of rotatable bonds is 7. The fraction of sp³-hybridized carbons (Fsp3) is 0.391. The summed E-state index contributed by atoms with van der Waals surface area (Å²) in [6.45, 7) is 6.59. The number of sulfone groups is 1. The van der Waals surface area contributed by atoms with E-state index >= 15 is 0 Å². The average Bonchev–Trinajstić information content (AvgIpc) is 3.20. The number of aryl methyl sites for hydroxylation is 1. The highest BCUT2D eigenvalue weighted by molar-refractivity contribution is 7.91. The van der Waals surface area contributed by atoms with E-state index in [-0.39, 0.29) is 23.0 Å². The zero-order valence-electron chi connectivity index (χ0n) is 18.1. The molecular formula is C23H27ClN4O3S. The van der Waals surface area contributed by atoms with Crippen molar-refractivity contribution < 1.29 is 13.2 Å². The van der Waals surface area contributed by atoms with Gasteiger partial charge >= 0.3 is 0 Å². The molecule has 32 heavy (non-hydrogen) atoms. The molecule has 170 valence electrons. The highest BCUT2D eigenvalue weighted by atomic mass is 35.5. The van der Waals surface area contributed by atoms with Gasteiger partial charge in [0.2, 0.25) is 5.91 Å². The molecule has 3 aromatic rings. The third kappa shape index (κ3) is 5.31. The third-order valence-corrected chi connectivity index (χ3v) is 7.97. The molecular weight excluding hydrogens is 448 g/mol. The van der Waals surface area contributed by atoms with Crippen LogP contribution in [0.2, 0.25) is 5.02 Å². The number of imidazole rings is 1. The van der Waals surface area contributed by atoms with Crippen LogP contribution in [0.5, 0.6) is 0 Å². The van der Waals surface area contributed by atoms with E-state index in [1.54, 1.807) is 47.5 Å². The Labute approximate surface area is 193 Å². The predicted molar refractivity (Wildman–Crippen MR) is 126 cm³/mol. The van der Waals surface area contributed by atoms with Crippen molar-refractivity contribution in [3.05, 3.63) is 59.6 Å². The molecule has 0 radical (unpaired) electrons. The monoisotopic (exact) mass is 474 g/mol. The highest BCUT2D eigenvalue weighted by Gasteiger charge is 2.23. The van der Waals surface area contributed by atoms with E-state index in [1.165, 1.54) is 0 Å². The van der Waals surface area contributed by atoms with Crippen LogP contribution in [0.4, 0.5) is 0 Å². The Kier molecular flexibility index (Phi) is 6.83. The summed E-state index contributed by atoms with van der Waals surface area (Å²) in [6.07, 6.45) is 3.77. The average molecular weight is 475 g/mol. The number of piperazine rings is 1. The molecule has 4 rings (SSSR count). The van der Waals surface area contributed by atoms with E-state index in [4.69, 9.17) is 11.6 Å². The molecule has 1 amide bonds. The third-order valence-electron chi connectivity index (χ3n) is 6.02. The van der Waals surface area contributed by atoms with Gasteiger partial charge in [-0.25, -0.2) is 13.4 Å². The molecule has 2 aromatic carbocycles. The van der Waals surface area contributed by atoms with Crippen molar-refractivity contribution in [3.63, 3.8) is 0 Å². The molecule has 0 spiro atoms. The first-order valence-corrected chi connectivity index (χ1v) is 12.7. The lowest BCUT2D eigenvalue weighted by Gasteiger charge is -2.34. The fourth-order valence-electron chi connectivity index (χ4n) is 4.00. The molecule has 0 aliphatic carbocycles. The van der Waals surface area contributed by atoms with Gasteiger partial charge in [0.25, 0.3) is 0 Å². The van der Waals surface area contributed by atoms with Gasteiger partial charge in [-0.1, -0.05) is 23.7 Å². The Bertz CT molecular complexity index is 1220. The van der Waals surface area contributed by atoms with Gasteiger partial charge < -0.3 is 9.47 Å². The molecule has 9 heteroatoms. The minimum absolute atomic E-state index is 0.00474. The van der Waals surface area contributed by atoms with Crippen LogP contribution in [0, 0.1) is 6.92 Å². The molecule has 1 aliphatic rings. The highest BCUT2D eigenvalue weighted by Crippen LogP contribution is 2.23. The fourth-order valence-corrected chi connectivity index (χ4v) is 5.44. The summed E-state index contributed by atoms with van der Waals surface area (Å²) in [7, 11) is -3.54. The Morgan fingerprint density at radius 3 is 2.47 bits per heavy atom. The van der Waals surface area contributed by atoms with Crippen molar-refractivity contribution in [2.24, 2.45) is 0 Å². The largest absolute Gasteiger partial charge is 0.340 e. The number of halogens is 1. The number of hydrogen-bond acceptors (Lipinski definition) is 5. The SMILES string of the molecule is Cc1nccn1CCN1CCN(C(=O)CCS(=O)(=O)c2ccc3cc(Cl)ccc3c2)CC1. The number of nitrogens with zero attached hydrogens (tertiary/aromatic N) is 4. The maximum atomic E-state index is 12.8. The molecule has 1 aliphatic heterocycles. The topological polar surface area (TPSA) is 75.5 Å². The van der Waals surface area contributed by atoms with Crippen molar-refractivity contribution in [1.29, 1.82) is 0 Å². The zero-order chi connectivity index (χ0) is 22.7. The van der Waals surface area contributed by atoms with E-state index in [2.05, 4.69) is 14.5 Å². The minimum Gasteiger partial charge on any atom is -0.340 e. The quantitative estimate of drug-likeness (QED) is 0.526. The van der Waals surface area contributed by atoms with E-state index < -0.39 is 9.84 Å². The van der Waals surface area contributed by atoms with Crippen LogP contribution in [-0.2, 0) is 21.2 Å². The standard InChI is InChI=1S/C23H27ClN4O3S/c1-18-25-7-8-27(18)12-9-26-10-13-28(14-11-26)23(29)6-15-32(30,31)22-5-3-19-16-21(24)4-2-20(19)17-22/h2-5,7-8,16-17H,6,9-15H2,1H3. The Hall–Kier alpha value is -2.42. The number of benzene rings is 2. The number of carbonyl (C=O) groups is 1. The van der Waals surface area contributed by atoms with Crippen LogP contribution < -0.4 is 0 Å². The first-order chi connectivity index (χ1) is 15.3. The second-order valence-corrected chi connectivity index (χ2v) is 10.7. The van der Waals surface area contributed by atoms with Crippen LogP contribution in [0.25, 0.3) is 10.8 Å². The maximum Gasteiger partial charge on any atom is 0.223 e. The summed E-state index contributed by atoms with van der Waals surface area (Å²) in [6, 6.07) is 10.3. The molecule has 0 bridgehead atoms. The van der Waals surface area contributed by atoms with Crippen LogP contribution in [0.1, 0.15) is 12.2 Å². The molecule has 2 heterocycles. The Morgan fingerprint density at radius 2 is 1.75 bits per heavy atom. The summed E-state index contributed by atoms with van der Waals surface area (Å²) in [5, 5.41) is 2.30. The van der Waals surface area contributed by atoms with Crippen LogP contribution >= 0.6 is 11.6 Å². The van der Waals surface area contributed by atoms with Crippen molar-refractivity contribution in [2.45, 2.75) is 24.8 Å². The lowest BCUT2D eigenvalue weighted by atomic mass is 10.1. The number of carbonyl (C=O) groups excluding carboxylic acids is 1. The van der Waals surface area contributed by atoms with Gasteiger partial charge in [-0.15, -0.1) is 0 Å². The normalized spacial score (nSPS) is 15.4. The second-order valence-electron chi connectivity index (χ2n) is 8.11. The summed E-state index contributed by atoms with van der Waals surface area (Å²) in [5.74, 6) is 0.701. The summed E-state index contributed by atoms with van der Waals surface area (Å²) in [5.41, 5.74) is 0. The number of hydrogen-bond donors (Lipinski definition) is 0. The number of fused-ring (bicyclic) bond motifs is 1. The summed E-state index contributed by atoms with van der Waals surface area (Å²) >= 11 is 6.00. The van der Waals surface area contributed by atoms with Gasteiger partial charge in [0, 0.05) is 63.1 Å². The van der Waals surface area contributed by atoms with E-state index in [1.807, 2.05) is 13.1 Å². The molecule has 0 N–H and O–H groups in total. The van der Waals surface area contributed by atoms with Gasteiger partial charge in [-0.2, -0.15) is 0 Å². The van der Waals surface area contributed by atoms with E-state index in [0.29, 0.717) is 18.1 Å². The van der Waals surface area contributed by atoms with E-state index in [0.717, 1.165) is 42.8 Å². The maximum absolute atomic E-state index is 12.8. The minimum atomic E-state index is -3.54. The summed E-state index contributed by atoms with van der Waals surface area (Å²) in [4.78, 5) is 21.2. The molecule has 0 atom stereocenters. The van der Waals surface area contributed by atoms with Gasteiger partial charge in [-0.05, 0) is 42.0 Å². The van der Waals surface area contributed by atoms with Crippen molar-refractivity contribution in [2.75, 3.05) is 38.5 Å². The zero-order valence-corrected chi connectivity index (χ0v) is 19.6. The molecule has 7 nitrogen and oxygen atoms in total. The predicted octanol–water partition coefficient (Wildman–Crippen LogP) is 3.01. The first kappa shape index (κ1) is 22.8.